The average molecular weight is 204 g/mol. The summed E-state index contributed by atoms with van der Waals surface area (Å²) in [4.78, 5) is 20.8. The van der Waals surface area contributed by atoms with E-state index in [2.05, 4.69) is 10.2 Å². The summed E-state index contributed by atoms with van der Waals surface area (Å²) in [6.07, 6.45) is 0.912. The number of hydrogen-bond donors (Lipinski definition) is 3. The molecule has 0 spiro atoms. The molecule has 1 aliphatic rings. The van der Waals surface area contributed by atoms with E-state index < -0.39 is 8.56 Å². The Kier molecular flexibility index (Phi) is 4.34. The molecule has 78 valence electrons. The molecule has 1 aliphatic heterocycles. The van der Waals surface area contributed by atoms with Gasteiger partial charge in [-0.1, -0.05) is 0 Å². The number of piperazine rings is 1. The van der Waals surface area contributed by atoms with E-state index in [4.69, 9.17) is 0 Å². The number of nitrogens with zero attached hydrogens (tertiary/aromatic N) is 1. The summed E-state index contributed by atoms with van der Waals surface area (Å²) < 4.78 is 0. The Morgan fingerprint density at radius 2 is 1.92 bits per heavy atom. The molecule has 3 N–H and O–H groups in total. The van der Waals surface area contributed by atoms with Crippen molar-refractivity contribution in [2.75, 3.05) is 32.7 Å². The first-order chi connectivity index (χ1) is 6.08. The Morgan fingerprint density at radius 3 is 2.46 bits per heavy atom. The monoisotopic (exact) mass is 204 g/mol. The molecule has 0 aliphatic carbocycles. The van der Waals surface area contributed by atoms with E-state index in [9.17, 15) is 9.59 Å². The summed E-state index contributed by atoms with van der Waals surface area (Å²) in [5.74, 6) is 0. The molecule has 0 atom stereocenters. The highest BCUT2D eigenvalue weighted by molar-refractivity contribution is 6.63. The third-order valence-electron chi connectivity index (χ3n) is 2.33. The Balaban J connectivity index is 2.04. The van der Waals surface area contributed by atoms with Crippen LogP contribution in [0.15, 0.2) is 0 Å². The Morgan fingerprint density at radius 1 is 1.31 bits per heavy atom. The van der Waals surface area contributed by atoms with Crippen molar-refractivity contribution in [3.8, 4) is 0 Å². The topological polar surface area (TPSA) is 55.7 Å². The third-order valence-corrected chi connectivity index (χ3v) is 3.64. The third kappa shape index (κ3) is 5.38. The van der Waals surface area contributed by atoms with Gasteiger partial charge < -0.3 is 19.8 Å². The van der Waals surface area contributed by atoms with Gasteiger partial charge in [-0.3, -0.25) is 0 Å². The molecule has 1 rings (SSSR count). The molecule has 0 aromatic rings. The highest BCUT2D eigenvalue weighted by atomic mass is 28.4. The van der Waals surface area contributed by atoms with Crippen molar-refractivity contribution in [1.82, 2.24) is 10.2 Å². The number of nitrogens with one attached hydrogen (secondary N) is 1. The van der Waals surface area contributed by atoms with Gasteiger partial charge in [-0.05, 0) is 25.6 Å². The van der Waals surface area contributed by atoms with E-state index in [0.29, 0.717) is 6.04 Å². The van der Waals surface area contributed by atoms with Crippen molar-refractivity contribution in [2.45, 2.75) is 19.0 Å². The molecule has 13 heavy (non-hydrogen) atoms. The second-order valence-electron chi connectivity index (χ2n) is 3.91. The van der Waals surface area contributed by atoms with Crippen LogP contribution in [-0.2, 0) is 0 Å². The van der Waals surface area contributed by atoms with Crippen LogP contribution in [-0.4, -0.2) is 55.8 Å². The van der Waals surface area contributed by atoms with Gasteiger partial charge >= 0.3 is 8.56 Å². The fourth-order valence-electron chi connectivity index (χ4n) is 1.57. The van der Waals surface area contributed by atoms with Crippen molar-refractivity contribution < 1.29 is 9.59 Å². The molecule has 0 unspecified atom stereocenters. The van der Waals surface area contributed by atoms with Gasteiger partial charge in [0.1, 0.15) is 0 Å². The van der Waals surface area contributed by atoms with E-state index in [1.165, 1.54) is 0 Å². The normalized spacial score (nSPS) is 20.5. The van der Waals surface area contributed by atoms with Crippen LogP contribution in [0.3, 0.4) is 0 Å². The first kappa shape index (κ1) is 11.1. The lowest BCUT2D eigenvalue weighted by Crippen LogP contribution is -2.44. The molecule has 1 saturated heterocycles. The second kappa shape index (κ2) is 5.07. The average Bonchev–Trinajstić information content (AvgIpc) is 2.04. The predicted octanol–water partition coefficient (Wildman–Crippen LogP) is -0.662. The van der Waals surface area contributed by atoms with Crippen molar-refractivity contribution in [1.29, 1.82) is 0 Å². The van der Waals surface area contributed by atoms with Gasteiger partial charge in [0.15, 0.2) is 0 Å². The van der Waals surface area contributed by atoms with Crippen molar-refractivity contribution in [3.63, 3.8) is 0 Å². The molecule has 0 radical (unpaired) electrons. The van der Waals surface area contributed by atoms with Gasteiger partial charge in [-0.15, -0.1) is 0 Å². The molecule has 0 aromatic heterocycles. The lowest BCUT2D eigenvalue weighted by Gasteiger charge is -2.27. The van der Waals surface area contributed by atoms with E-state index in [-0.39, 0.29) is 0 Å². The maximum atomic E-state index is 9.21. The smallest absolute Gasteiger partial charge is 0.329 e. The molecule has 5 heteroatoms. The summed E-state index contributed by atoms with van der Waals surface area (Å²) in [6, 6.07) is 0.594. The van der Waals surface area contributed by atoms with Crippen LogP contribution in [0, 0.1) is 0 Å². The molecule has 0 saturated carbocycles. The summed E-state index contributed by atoms with van der Waals surface area (Å²) in [5.41, 5.74) is 0. The van der Waals surface area contributed by atoms with Crippen LogP contribution in [0.1, 0.15) is 6.42 Å². The molecule has 4 nitrogen and oxygen atoms in total. The second-order valence-corrected chi connectivity index (χ2v) is 6.85. The predicted molar refractivity (Wildman–Crippen MR) is 54.8 cm³/mol. The Labute approximate surface area is 80.8 Å². The van der Waals surface area contributed by atoms with Crippen LogP contribution < -0.4 is 5.32 Å². The zero-order valence-corrected chi connectivity index (χ0v) is 9.29. The number of hydrogen-bond acceptors (Lipinski definition) is 4. The summed E-state index contributed by atoms with van der Waals surface area (Å²) in [5, 5.41) is 3.29. The standard InChI is InChI=1S/C8H20N2O2Si/c1-13(11,12)8-2-5-10-6-3-9-4-7-10/h9,11-12H,2-8H2,1H3. The molecule has 0 amide bonds. The van der Waals surface area contributed by atoms with Gasteiger partial charge in [-0.2, -0.15) is 0 Å². The summed E-state index contributed by atoms with van der Waals surface area (Å²) in [7, 11) is -2.78. The lowest BCUT2D eigenvalue weighted by atomic mass is 10.3. The van der Waals surface area contributed by atoms with Gasteiger partial charge in [0.2, 0.25) is 0 Å². The largest absolute Gasteiger partial charge is 0.411 e. The summed E-state index contributed by atoms with van der Waals surface area (Å²) >= 11 is 0. The first-order valence-electron chi connectivity index (χ1n) is 4.96. The van der Waals surface area contributed by atoms with Crippen LogP contribution >= 0.6 is 0 Å². The quantitative estimate of drug-likeness (QED) is 0.532. The van der Waals surface area contributed by atoms with Gasteiger partial charge in [-0.25, -0.2) is 0 Å². The fourth-order valence-corrected chi connectivity index (χ4v) is 2.40. The minimum atomic E-state index is -2.78. The van der Waals surface area contributed by atoms with Crippen LogP contribution in [0.4, 0.5) is 0 Å². The minimum absolute atomic E-state index is 0.594. The molecule has 0 bridgehead atoms. The van der Waals surface area contributed by atoms with E-state index in [0.717, 1.165) is 39.1 Å². The fraction of sp³-hybridized carbons (Fsp3) is 1.00. The van der Waals surface area contributed by atoms with Gasteiger partial charge in [0.25, 0.3) is 0 Å². The zero-order valence-electron chi connectivity index (χ0n) is 8.29. The van der Waals surface area contributed by atoms with Crippen LogP contribution in [0.2, 0.25) is 12.6 Å². The molecule has 0 aromatic carbocycles. The zero-order chi connectivity index (χ0) is 9.73. The number of rotatable bonds is 4. The maximum absolute atomic E-state index is 9.21. The van der Waals surface area contributed by atoms with E-state index >= 15 is 0 Å². The van der Waals surface area contributed by atoms with Crippen LogP contribution in [0.5, 0.6) is 0 Å². The first-order valence-corrected chi connectivity index (χ1v) is 7.56. The highest BCUT2D eigenvalue weighted by Gasteiger charge is 2.20. The van der Waals surface area contributed by atoms with Gasteiger partial charge in [0, 0.05) is 26.2 Å². The SMILES string of the molecule is C[Si](O)(O)CCCN1CCNCC1. The summed E-state index contributed by atoms with van der Waals surface area (Å²) in [6.45, 7) is 6.89. The Hall–Kier alpha value is 0.0569. The molecule has 1 heterocycles. The van der Waals surface area contributed by atoms with Gasteiger partial charge in [0.05, 0.1) is 0 Å². The highest BCUT2D eigenvalue weighted by Crippen LogP contribution is 2.05. The minimum Gasteiger partial charge on any atom is -0.411 e. The van der Waals surface area contributed by atoms with E-state index in [1.54, 1.807) is 6.55 Å². The van der Waals surface area contributed by atoms with Crippen molar-refractivity contribution >= 4 is 8.56 Å². The van der Waals surface area contributed by atoms with Crippen molar-refractivity contribution in [3.05, 3.63) is 0 Å². The molecular formula is C8H20N2O2Si. The van der Waals surface area contributed by atoms with Crippen molar-refractivity contribution in [2.24, 2.45) is 0 Å². The molecule has 1 fully saturated rings. The molecular weight excluding hydrogens is 184 g/mol. The maximum Gasteiger partial charge on any atom is 0.329 e. The Bertz CT molecular complexity index is 144. The lowest BCUT2D eigenvalue weighted by molar-refractivity contribution is 0.238. The van der Waals surface area contributed by atoms with Crippen LogP contribution in [0.25, 0.3) is 0 Å². The van der Waals surface area contributed by atoms with E-state index in [1.807, 2.05) is 0 Å².